The highest BCUT2D eigenvalue weighted by Gasteiger charge is 2.18. The second-order valence-corrected chi connectivity index (χ2v) is 6.08. The fourth-order valence-electron chi connectivity index (χ4n) is 2.09. The minimum absolute atomic E-state index is 0.0166. The van der Waals surface area contributed by atoms with E-state index in [1.165, 1.54) is 5.56 Å². The summed E-state index contributed by atoms with van der Waals surface area (Å²) in [5.41, 5.74) is 1.24. The molecule has 2 rings (SSSR count). The van der Waals surface area contributed by atoms with Gasteiger partial charge in [0, 0.05) is 19.5 Å². The summed E-state index contributed by atoms with van der Waals surface area (Å²) in [4.78, 5) is 13.2. The van der Waals surface area contributed by atoms with Gasteiger partial charge in [0.05, 0.1) is 6.61 Å². The van der Waals surface area contributed by atoms with Crippen molar-refractivity contribution >= 4 is 23.2 Å². The zero-order valence-corrected chi connectivity index (χ0v) is 13.4. The fraction of sp³-hybridized carbons (Fsp3) is 0.500. The Balaban J connectivity index is 1.80. The molecule has 1 aromatic rings. The van der Waals surface area contributed by atoms with E-state index in [-0.39, 0.29) is 5.91 Å². The van der Waals surface area contributed by atoms with E-state index in [2.05, 4.69) is 31.3 Å². The third-order valence-corrected chi connectivity index (χ3v) is 3.68. The third-order valence-electron chi connectivity index (χ3n) is 3.32. The fourth-order valence-corrected chi connectivity index (χ4v) is 2.39. The van der Waals surface area contributed by atoms with Gasteiger partial charge in [0.2, 0.25) is 5.91 Å². The molecular formula is C16H22N2O2S. The van der Waals surface area contributed by atoms with Crippen LogP contribution in [0.1, 0.15) is 25.8 Å². The minimum atomic E-state index is 0.0166. The van der Waals surface area contributed by atoms with Crippen LogP contribution in [0.15, 0.2) is 24.3 Å². The number of carbonyl (C=O) groups is 1. The molecule has 0 unspecified atom stereocenters. The number of nitrogens with one attached hydrogen (secondary N) is 1. The van der Waals surface area contributed by atoms with E-state index in [0.717, 1.165) is 25.3 Å². The smallest absolute Gasteiger partial charge is 0.227 e. The van der Waals surface area contributed by atoms with Gasteiger partial charge in [-0.1, -0.05) is 26.0 Å². The molecule has 1 aliphatic rings. The maximum atomic E-state index is 11.2. The molecule has 4 nitrogen and oxygen atoms in total. The standard InChI is InChI=1S/C16H22N2O2S/c1-12(2)11-20-14-5-3-13(4-6-14)7-9-18-10-8-15(19)17-16(18)21/h3-6,12H,7-11H2,1-2H3,(H,17,19,21). The molecule has 21 heavy (non-hydrogen) atoms. The molecular weight excluding hydrogens is 284 g/mol. The number of rotatable bonds is 6. The first kappa shape index (κ1) is 15.8. The van der Waals surface area contributed by atoms with Crippen LogP contribution in [0.25, 0.3) is 0 Å². The Morgan fingerprint density at radius 2 is 2.05 bits per heavy atom. The average Bonchev–Trinajstić information content (AvgIpc) is 2.45. The van der Waals surface area contributed by atoms with Crippen LogP contribution in [0.3, 0.4) is 0 Å². The molecule has 0 radical (unpaired) electrons. The van der Waals surface area contributed by atoms with Crippen molar-refractivity contribution in [3.8, 4) is 5.75 Å². The minimum Gasteiger partial charge on any atom is -0.493 e. The van der Waals surface area contributed by atoms with Crippen molar-refractivity contribution in [1.82, 2.24) is 10.2 Å². The molecule has 1 fully saturated rings. The highest BCUT2D eigenvalue weighted by Crippen LogP contribution is 2.14. The van der Waals surface area contributed by atoms with Gasteiger partial charge in [-0.3, -0.25) is 4.79 Å². The number of nitrogens with zero attached hydrogens (tertiary/aromatic N) is 1. The van der Waals surface area contributed by atoms with E-state index >= 15 is 0 Å². The number of hydrogen-bond acceptors (Lipinski definition) is 3. The Bertz CT molecular complexity index is 500. The molecule has 0 bridgehead atoms. The summed E-state index contributed by atoms with van der Waals surface area (Å²) < 4.78 is 5.67. The predicted octanol–water partition coefficient (Wildman–Crippen LogP) is 2.37. The SMILES string of the molecule is CC(C)COc1ccc(CCN2CCC(=O)NC2=S)cc1. The van der Waals surface area contributed by atoms with E-state index in [4.69, 9.17) is 17.0 Å². The lowest BCUT2D eigenvalue weighted by Gasteiger charge is -2.29. The molecule has 0 spiro atoms. The highest BCUT2D eigenvalue weighted by molar-refractivity contribution is 7.80. The molecule has 5 heteroatoms. The first-order chi connectivity index (χ1) is 10.0. The summed E-state index contributed by atoms with van der Waals surface area (Å²) in [5, 5.41) is 3.25. The van der Waals surface area contributed by atoms with Gasteiger partial charge in [-0.15, -0.1) is 0 Å². The van der Waals surface area contributed by atoms with Gasteiger partial charge in [0.25, 0.3) is 0 Å². The van der Waals surface area contributed by atoms with Gasteiger partial charge >= 0.3 is 0 Å². The molecule has 1 heterocycles. The predicted molar refractivity (Wildman–Crippen MR) is 87.4 cm³/mol. The van der Waals surface area contributed by atoms with Crippen LogP contribution in [0.4, 0.5) is 0 Å². The van der Waals surface area contributed by atoms with Crippen molar-refractivity contribution in [2.24, 2.45) is 5.92 Å². The Morgan fingerprint density at radius 3 is 2.67 bits per heavy atom. The molecule has 0 atom stereocenters. The lowest BCUT2D eigenvalue weighted by atomic mass is 10.1. The zero-order valence-electron chi connectivity index (χ0n) is 12.6. The highest BCUT2D eigenvalue weighted by atomic mass is 32.1. The van der Waals surface area contributed by atoms with E-state index in [1.807, 2.05) is 17.0 Å². The normalized spacial score (nSPS) is 15.3. The summed E-state index contributed by atoms with van der Waals surface area (Å²) in [6.07, 6.45) is 1.42. The summed E-state index contributed by atoms with van der Waals surface area (Å²) in [7, 11) is 0. The number of amides is 1. The van der Waals surface area contributed by atoms with Gasteiger partial charge in [0.15, 0.2) is 5.11 Å². The van der Waals surface area contributed by atoms with Crippen LogP contribution in [0.5, 0.6) is 5.75 Å². The monoisotopic (exact) mass is 306 g/mol. The second kappa shape index (κ2) is 7.41. The molecule has 0 aromatic heterocycles. The molecule has 0 saturated carbocycles. The van der Waals surface area contributed by atoms with Crippen LogP contribution >= 0.6 is 12.2 Å². The molecule has 1 N–H and O–H groups in total. The molecule has 1 aliphatic heterocycles. The van der Waals surface area contributed by atoms with Crippen LogP contribution < -0.4 is 10.1 Å². The first-order valence-electron chi connectivity index (χ1n) is 7.35. The molecule has 1 amide bonds. The van der Waals surface area contributed by atoms with Gasteiger partial charge in [0.1, 0.15) is 5.75 Å². The van der Waals surface area contributed by atoms with Gasteiger partial charge in [-0.25, -0.2) is 0 Å². The lowest BCUT2D eigenvalue weighted by Crippen LogP contribution is -2.49. The average molecular weight is 306 g/mol. The van der Waals surface area contributed by atoms with Crippen LogP contribution in [0, 0.1) is 5.92 Å². The Kier molecular flexibility index (Phi) is 5.56. The topological polar surface area (TPSA) is 41.6 Å². The van der Waals surface area contributed by atoms with Crippen molar-refractivity contribution in [2.75, 3.05) is 19.7 Å². The van der Waals surface area contributed by atoms with Gasteiger partial charge < -0.3 is 15.0 Å². The largest absolute Gasteiger partial charge is 0.493 e. The van der Waals surface area contributed by atoms with Gasteiger partial charge in [-0.2, -0.15) is 0 Å². The molecule has 1 saturated heterocycles. The first-order valence-corrected chi connectivity index (χ1v) is 7.76. The number of ether oxygens (including phenoxy) is 1. The van der Waals surface area contributed by atoms with Crippen molar-refractivity contribution in [3.63, 3.8) is 0 Å². The summed E-state index contributed by atoms with van der Waals surface area (Å²) in [5.74, 6) is 1.45. The Hall–Kier alpha value is -1.62. The van der Waals surface area contributed by atoms with Crippen LogP contribution in [-0.2, 0) is 11.2 Å². The third kappa shape index (κ3) is 5.01. The Labute approximate surface area is 131 Å². The van der Waals surface area contributed by atoms with Crippen molar-refractivity contribution in [3.05, 3.63) is 29.8 Å². The zero-order chi connectivity index (χ0) is 15.2. The lowest BCUT2D eigenvalue weighted by molar-refractivity contribution is -0.120. The summed E-state index contributed by atoms with van der Waals surface area (Å²) in [6.45, 7) is 6.54. The van der Waals surface area contributed by atoms with Crippen LogP contribution in [0.2, 0.25) is 0 Å². The van der Waals surface area contributed by atoms with E-state index in [0.29, 0.717) is 24.0 Å². The maximum Gasteiger partial charge on any atom is 0.227 e. The van der Waals surface area contributed by atoms with Crippen molar-refractivity contribution in [1.29, 1.82) is 0 Å². The molecule has 0 aliphatic carbocycles. The van der Waals surface area contributed by atoms with Crippen molar-refractivity contribution < 1.29 is 9.53 Å². The number of thiocarbonyl (C=S) groups is 1. The number of benzene rings is 1. The Morgan fingerprint density at radius 1 is 1.33 bits per heavy atom. The van der Waals surface area contributed by atoms with E-state index in [9.17, 15) is 4.79 Å². The maximum absolute atomic E-state index is 11.2. The summed E-state index contributed by atoms with van der Waals surface area (Å²) >= 11 is 5.17. The summed E-state index contributed by atoms with van der Waals surface area (Å²) in [6, 6.07) is 8.19. The van der Waals surface area contributed by atoms with Gasteiger partial charge in [-0.05, 0) is 42.3 Å². The van der Waals surface area contributed by atoms with Crippen LogP contribution in [-0.4, -0.2) is 35.6 Å². The molecule has 114 valence electrons. The number of carbonyl (C=O) groups excluding carboxylic acids is 1. The van der Waals surface area contributed by atoms with Crippen molar-refractivity contribution in [2.45, 2.75) is 26.7 Å². The second-order valence-electron chi connectivity index (χ2n) is 5.69. The van der Waals surface area contributed by atoms with E-state index in [1.54, 1.807) is 0 Å². The quantitative estimate of drug-likeness (QED) is 0.819. The molecule has 1 aromatic carbocycles. The number of hydrogen-bond donors (Lipinski definition) is 1. The van der Waals surface area contributed by atoms with E-state index < -0.39 is 0 Å².